The molecule has 0 aliphatic heterocycles. The van der Waals surface area contributed by atoms with Crippen LogP contribution in [-0.2, 0) is 0 Å². The van der Waals surface area contributed by atoms with E-state index in [0.717, 1.165) is 0 Å². The molecule has 4 heteroatoms. The number of ether oxygens (including phenoxy) is 1. The van der Waals surface area contributed by atoms with E-state index in [2.05, 4.69) is 0 Å². The first kappa shape index (κ1) is 12.1. The molecule has 3 rings (SSSR count). The lowest BCUT2D eigenvalue weighted by Crippen LogP contribution is -1.86. The van der Waals surface area contributed by atoms with Gasteiger partial charge in [-0.25, -0.2) is 4.39 Å². The fraction of sp³-hybridized carbons (Fsp3) is 0.0667. The predicted octanol–water partition coefficient (Wildman–Crippen LogP) is 5.33. The van der Waals surface area contributed by atoms with Crippen LogP contribution >= 0.6 is 11.6 Å². The van der Waals surface area contributed by atoms with Gasteiger partial charge in [0.1, 0.15) is 17.3 Å². The summed E-state index contributed by atoms with van der Waals surface area (Å²) in [6.07, 6.45) is 0. The average molecular weight is 277 g/mol. The second kappa shape index (κ2) is 4.59. The summed E-state index contributed by atoms with van der Waals surface area (Å²) in [5.41, 5.74) is 0.527. The minimum Gasteiger partial charge on any atom is -0.457 e. The standard InChI is InChI=1S/C15H10ClFO2/c1-9-5-10-6-12(17)8-14(15(10)18-9)19-13-4-2-3-11(16)7-13/h2-8H,1H3. The highest BCUT2D eigenvalue weighted by Crippen LogP contribution is 2.33. The first-order valence-electron chi connectivity index (χ1n) is 5.75. The van der Waals surface area contributed by atoms with Crippen molar-refractivity contribution in [1.82, 2.24) is 0 Å². The molecule has 0 unspecified atom stereocenters. The molecule has 0 bridgehead atoms. The Hall–Kier alpha value is -2.00. The molecule has 0 atom stereocenters. The van der Waals surface area contributed by atoms with E-state index in [-0.39, 0.29) is 5.82 Å². The molecule has 0 saturated heterocycles. The van der Waals surface area contributed by atoms with Crippen molar-refractivity contribution in [3.63, 3.8) is 0 Å². The Morgan fingerprint density at radius 2 is 2.00 bits per heavy atom. The number of halogens is 2. The third kappa shape index (κ3) is 2.42. The summed E-state index contributed by atoms with van der Waals surface area (Å²) in [6, 6.07) is 11.4. The first-order chi connectivity index (χ1) is 9.11. The maximum atomic E-state index is 13.5. The lowest BCUT2D eigenvalue weighted by atomic mass is 10.2. The summed E-state index contributed by atoms with van der Waals surface area (Å²) in [5.74, 6) is 1.21. The molecular weight excluding hydrogens is 267 g/mol. The maximum Gasteiger partial charge on any atom is 0.176 e. The fourth-order valence-electron chi connectivity index (χ4n) is 1.95. The second-order valence-corrected chi connectivity index (χ2v) is 4.68. The zero-order chi connectivity index (χ0) is 13.4. The lowest BCUT2D eigenvalue weighted by Gasteiger charge is -2.06. The van der Waals surface area contributed by atoms with E-state index < -0.39 is 0 Å². The van der Waals surface area contributed by atoms with Crippen molar-refractivity contribution < 1.29 is 13.5 Å². The van der Waals surface area contributed by atoms with Gasteiger partial charge < -0.3 is 9.15 Å². The first-order valence-corrected chi connectivity index (χ1v) is 6.13. The number of benzene rings is 2. The van der Waals surface area contributed by atoms with Gasteiger partial charge in [-0.3, -0.25) is 0 Å². The molecule has 0 amide bonds. The molecule has 96 valence electrons. The molecule has 1 heterocycles. The fourth-order valence-corrected chi connectivity index (χ4v) is 2.13. The minimum atomic E-state index is -0.370. The molecule has 0 N–H and O–H groups in total. The van der Waals surface area contributed by atoms with Gasteiger partial charge in [-0.1, -0.05) is 17.7 Å². The van der Waals surface area contributed by atoms with Gasteiger partial charge in [0.25, 0.3) is 0 Å². The summed E-state index contributed by atoms with van der Waals surface area (Å²) in [5, 5.41) is 1.23. The van der Waals surface area contributed by atoms with Crippen LogP contribution in [0.3, 0.4) is 0 Å². The number of rotatable bonds is 2. The smallest absolute Gasteiger partial charge is 0.176 e. The van der Waals surface area contributed by atoms with Gasteiger partial charge in [-0.15, -0.1) is 0 Å². The SMILES string of the molecule is Cc1cc2cc(F)cc(Oc3cccc(Cl)c3)c2o1. The Morgan fingerprint density at radius 1 is 1.16 bits per heavy atom. The summed E-state index contributed by atoms with van der Waals surface area (Å²) >= 11 is 5.89. The highest BCUT2D eigenvalue weighted by Gasteiger charge is 2.11. The highest BCUT2D eigenvalue weighted by atomic mass is 35.5. The van der Waals surface area contributed by atoms with Crippen LogP contribution in [-0.4, -0.2) is 0 Å². The van der Waals surface area contributed by atoms with Crippen molar-refractivity contribution in [3.05, 3.63) is 59.1 Å². The van der Waals surface area contributed by atoms with E-state index in [1.807, 2.05) is 0 Å². The number of hydrogen-bond donors (Lipinski definition) is 0. The summed E-state index contributed by atoms with van der Waals surface area (Å²) in [4.78, 5) is 0. The predicted molar refractivity (Wildman–Crippen MR) is 72.4 cm³/mol. The molecule has 0 aliphatic rings. The van der Waals surface area contributed by atoms with Crippen LogP contribution in [0.1, 0.15) is 5.76 Å². The average Bonchev–Trinajstić information content (AvgIpc) is 2.69. The normalized spacial score (nSPS) is 10.9. The van der Waals surface area contributed by atoms with Gasteiger partial charge in [0.2, 0.25) is 0 Å². The Morgan fingerprint density at radius 3 is 2.79 bits per heavy atom. The zero-order valence-corrected chi connectivity index (χ0v) is 10.9. The van der Waals surface area contributed by atoms with E-state index in [1.165, 1.54) is 12.1 Å². The Balaban J connectivity index is 2.09. The molecule has 0 saturated carbocycles. The summed E-state index contributed by atoms with van der Waals surface area (Å²) in [6.45, 7) is 1.81. The Kier molecular flexibility index (Phi) is 2.91. The Labute approximate surface area is 114 Å². The quantitative estimate of drug-likeness (QED) is 0.631. The molecule has 3 aromatic rings. The molecule has 1 aromatic heterocycles. The van der Waals surface area contributed by atoms with Crippen LogP contribution in [0.5, 0.6) is 11.5 Å². The highest BCUT2D eigenvalue weighted by molar-refractivity contribution is 6.30. The van der Waals surface area contributed by atoms with Gasteiger partial charge in [0, 0.05) is 16.5 Å². The minimum absolute atomic E-state index is 0.338. The van der Waals surface area contributed by atoms with Crippen molar-refractivity contribution in [3.8, 4) is 11.5 Å². The molecule has 19 heavy (non-hydrogen) atoms. The molecule has 0 aliphatic carbocycles. The zero-order valence-electron chi connectivity index (χ0n) is 10.1. The molecule has 0 fully saturated rings. The van der Waals surface area contributed by atoms with Crippen LogP contribution < -0.4 is 4.74 Å². The maximum absolute atomic E-state index is 13.5. The van der Waals surface area contributed by atoms with Crippen molar-refractivity contribution in [2.24, 2.45) is 0 Å². The molecule has 0 spiro atoms. The van der Waals surface area contributed by atoms with Crippen LogP contribution in [0.4, 0.5) is 4.39 Å². The van der Waals surface area contributed by atoms with Crippen LogP contribution in [0.2, 0.25) is 5.02 Å². The van der Waals surface area contributed by atoms with E-state index in [1.54, 1.807) is 37.3 Å². The van der Waals surface area contributed by atoms with Crippen LogP contribution in [0.25, 0.3) is 11.0 Å². The molecular formula is C15H10ClFO2. The topological polar surface area (TPSA) is 22.4 Å². The van der Waals surface area contributed by atoms with Crippen molar-refractivity contribution in [2.45, 2.75) is 6.92 Å². The monoisotopic (exact) mass is 276 g/mol. The van der Waals surface area contributed by atoms with E-state index in [4.69, 9.17) is 20.8 Å². The van der Waals surface area contributed by atoms with Crippen LogP contribution in [0, 0.1) is 12.7 Å². The van der Waals surface area contributed by atoms with E-state index >= 15 is 0 Å². The van der Waals surface area contributed by atoms with Gasteiger partial charge in [0.05, 0.1) is 0 Å². The van der Waals surface area contributed by atoms with Gasteiger partial charge in [-0.05, 0) is 37.3 Å². The van der Waals surface area contributed by atoms with E-state index in [9.17, 15) is 4.39 Å². The number of aryl methyl sites for hydroxylation is 1. The van der Waals surface area contributed by atoms with E-state index in [0.29, 0.717) is 33.3 Å². The number of fused-ring (bicyclic) bond motifs is 1. The lowest BCUT2D eigenvalue weighted by molar-refractivity contribution is 0.464. The number of hydrogen-bond acceptors (Lipinski definition) is 2. The van der Waals surface area contributed by atoms with Crippen molar-refractivity contribution >= 4 is 22.6 Å². The van der Waals surface area contributed by atoms with Crippen molar-refractivity contribution in [1.29, 1.82) is 0 Å². The van der Waals surface area contributed by atoms with Crippen molar-refractivity contribution in [2.75, 3.05) is 0 Å². The largest absolute Gasteiger partial charge is 0.457 e. The van der Waals surface area contributed by atoms with Gasteiger partial charge >= 0.3 is 0 Å². The van der Waals surface area contributed by atoms with Gasteiger partial charge in [-0.2, -0.15) is 0 Å². The van der Waals surface area contributed by atoms with Gasteiger partial charge in [0.15, 0.2) is 11.3 Å². The second-order valence-electron chi connectivity index (χ2n) is 4.24. The Bertz CT molecular complexity index is 749. The molecule has 2 aromatic carbocycles. The summed E-state index contributed by atoms with van der Waals surface area (Å²) < 4.78 is 24.7. The summed E-state index contributed by atoms with van der Waals surface area (Å²) in [7, 11) is 0. The molecule has 0 radical (unpaired) electrons. The van der Waals surface area contributed by atoms with Crippen LogP contribution in [0.15, 0.2) is 46.9 Å². The third-order valence-electron chi connectivity index (χ3n) is 2.69. The third-order valence-corrected chi connectivity index (χ3v) is 2.93. The number of furan rings is 1. The molecule has 2 nitrogen and oxygen atoms in total.